The van der Waals surface area contributed by atoms with Crippen molar-refractivity contribution in [1.29, 1.82) is 0 Å². The molecule has 19 heavy (non-hydrogen) atoms. The number of hydrogen-bond acceptors (Lipinski definition) is 5. The first-order chi connectivity index (χ1) is 8.94. The number of rotatable bonds is 7. The van der Waals surface area contributed by atoms with Gasteiger partial charge in [0.05, 0.1) is 23.0 Å². The molecule has 1 aromatic rings. The Balaban J connectivity index is 2.85. The minimum atomic E-state index is -3.62. The molecule has 8 heteroatoms. The molecular weight excluding hydrogens is 338 g/mol. The lowest BCUT2D eigenvalue weighted by molar-refractivity contribution is -0.0960. The molecule has 108 valence electrons. The lowest BCUT2D eigenvalue weighted by atomic mass is 10.3. The Morgan fingerprint density at radius 1 is 1.26 bits per heavy atom. The largest absolute Gasteiger partial charge is 0.496 e. The molecule has 0 atom stereocenters. The maximum atomic E-state index is 12.0. The van der Waals surface area contributed by atoms with Crippen LogP contribution in [0, 0.1) is 0 Å². The van der Waals surface area contributed by atoms with Crippen molar-refractivity contribution in [3.63, 3.8) is 0 Å². The molecule has 1 aromatic carbocycles. The highest BCUT2D eigenvalue weighted by Crippen LogP contribution is 2.27. The third-order valence-electron chi connectivity index (χ3n) is 2.40. The van der Waals surface area contributed by atoms with E-state index in [1.807, 2.05) is 0 Å². The Kier molecular flexibility index (Phi) is 6.21. The van der Waals surface area contributed by atoms with Crippen molar-refractivity contribution >= 4 is 26.0 Å². The number of halogens is 1. The maximum Gasteiger partial charge on any atom is 0.240 e. The first-order valence-electron chi connectivity index (χ1n) is 5.33. The molecule has 0 aliphatic heterocycles. The summed E-state index contributed by atoms with van der Waals surface area (Å²) in [5.41, 5.74) is 0. The average Bonchev–Trinajstić information content (AvgIpc) is 2.39. The van der Waals surface area contributed by atoms with Crippen LogP contribution in [0.5, 0.6) is 5.75 Å². The molecule has 0 saturated carbocycles. The Labute approximate surface area is 121 Å². The van der Waals surface area contributed by atoms with Crippen molar-refractivity contribution in [3.8, 4) is 5.75 Å². The minimum Gasteiger partial charge on any atom is -0.496 e. The SMILES string of the molecule is COc1ccc(S(=O)(=O)NCC(OC)OC)cc1Br. The molecule has 0 spiro atoms. The van der Waals surface area contributed by atoms with E-state index in [9.17, 15) is 8.42 Å². The minimum absolute atomic E-state index is 0.0268. The molecule has 0 aromatic heterocycles. The highest BCUT2D eigenvalue weighted by atomic mass is 79.9. The van der Waals surface area contributed by atoms with Crippen molar-refractivity contribution < 1.29 is 22.6 Å². The molecule has 6 nitrogen and oxygen atoms in total. The van der Waals surface area contributed by atoms with Gasteiger partial charge in [-0.25, -0.2) is 13.1 Å². The standard InChI is InChI=1S/C11H16BrNO5S/c1-16-10-5-4-8(6-9(10)12)19(14,15)13-7-11(17-2)18-3/h4-6,11,13H,7H2,1-3H3. The number of benzene rings is 1. The van der Waals surface area contributed by atoms with E-state index >= 15 is 0 Å². The van der Waals surface area contributed by atoms with E-state index in [2.05, 4.69) is 20.7 Å². The molecule has 1 N–H and O–H groups in total. The third-order valence-corrected chi connectivity index (χ3v) is 4.44. The Hall–Kier alpha value is -0.670. The fourth-order valence-corrected chi connectivity index (χ4v) is 3.07. The van der Waals surface area contributed by atoms with Gasteiger partial charge in [0.1, 0.15) is 5.75 Å². The van der Waals surface area contributed by atoms with Crippen molar-refractivity contribution in [2.75, 3.05) is 27.9 Å². The summed E-state index contributed by atoms with van der Waals surface area (Å²) < 4.78 is 41.9. The maximum absolute atomic E-state index is 12.0. The zero-order chi connectivity index (χ0) is 14.5. The summed E-state index contributed by atoms with van der Waals surface area (Å²) in [6.45, 7) is 0.0268. The number of ether oxygens (including phenoxy) is 3. The molecule has 0 saturated heterocycles. The van der Waals surface area contributed by atoms with Crippen LogP contribution in [-0.4, -0.2) is 42.6 Å². The predicted octanol–water partition coefficient (Wildman–Crippen LogP) is 1.35. The molecule has 0 amide bonds. The van der Waals surface area contributed by atoms with Crippen LogP contribution in [0.15, 0.2) is 27.6 Å². The van der Waals surface area contributed by atoms with Gasteiger partial charge in [-0.3, -0.25) is 0 Å². The molecule has 0 heterocycles. The van der Waals surface area contributed by atoms with Crippen LogP contribution in [0.1, 0.15) is 0 Å². The smallest absolute Gasteiger partial charge is 0.240 e. The fourth-order valence-electron chi connectivity index (χ4n) is 1.34. The summed E-state index contributed by atoms with van der Waals surface area (Å²) in [6, 6.07) is 4.50. The number of hydrogen-bond donors (Lipinski definition) is 1. The van der Waals surface area contributed by atoms with Gasteiger partial charge in [0, 0.05) is 14.2 Å². The topological polar surface area (TPSA) is 73.9 Å². The lowest BCUT2D eigenvalue weighted by Crippen LogP contribution is -2.34. The second-order valence-corrected chi connectivity index (χ2v) is 6.17. The van der Waals surface area contributed by atoms with Crippen molar-refractivity contribution in [3.05, 3.63) is 22.7 Å². The van der Waals surface area contributed by atoms with Crippen LogP contribution in [0.4, 0.5) is 0 Å². The summed E-state index contributed by atoms with van der Waals surface area (Å²) in [4.78, 5) is 0.131. The molecule has 0 fully saturated rings. The van der Waals surface area contributed by atoms with Gasteiger partial charge in [0.25, 0.3) is 0 Å². The molecule has 0 bridgehead atoms. The van der Waals surface area contributed by atoms with Crippen LogP contribution < -0.4 is 9.46 Å². The Morgan fingerprint density at radius 3 is 2.37 bits per heavy atom. The summed E-state index contributed by atoms with van der Waals surface area (Å²) in [6.07, 6.45) is -0.628. The van der Waals surface area contributed by atoms with Gasteiger partial charge in [-0.2, -0.15) is 0 Å². The van der Waals surface area contributed by atoms with Crippen molar-refractivity contribution in [2.45, 2.75) is 11.2 Å². The summed E-state index contributed by atoms with van der Waals surface area (Å²) >= 11 is 3.24. The quantitative estimate of drug-likeness (QED) is 0.749. The molecule has 0 aliphatic rings. The number of methoxy groups -OCH3 is 3. The van der Waals surface area contributed by atoms with Crippen LogP contribution in [-0.2, 0) is 19.5 Å². The zero-order valence-corrected chi connectivity index (χ0v) is 13.2. The predicted molar refractivity (Wildman–Crippen MR) is 73.7 cm³/mol. The van der Waals surface area contributed by atoms with Gasteiger partial charge in [-0.05, 0) is 34.1 Å². The molecule has 0 aliphatic carbocycles. The molecular formula is C11H16BrNO5S. The van der Waals surface area contributed by atoms with Crippen LogP contribution in [0.25, 0.3) is 0 Å². The van der Waals surface area contributed by atoms with Gasteiger partial charge in [-0.15, -0.1) is 0 Å². The Bertz CT molecular complexity index is 516. The molecule has 0 radical (unpaired) electrons. The van der Waals surface area contributed by atoms with Crippen LogP contribution >= 0.6 is 15.9 Å². The first-order valence-corrected chi connectivity index (χ1v) is 7.61. The van der Waals surface area contributed by atoms with Gasteiger partial charge < -0.3 is 14.2 Å². The van der Waals surface area contributed by atoms with Crippen LogP contribution in [0.2, 0.25) is 0 Å². The Morgan fingerprint density at radius 2 is 1.89 bits per heavy atom. The average molecular weight is 354 g/mol. The molecule has 0 unspecified atom stereocenters. The second kappa shape index (κ2) is 7.20. The first kappa shape index (κ1) is 16.4. The normalized spacial score (nSPS) is 11.8. The highest BCUT2D eigenvalue weighted by Gasteiger charge is 2.17. The molecule has 1 rings (SSSR count). The monoisotopic (exact) mass is 353 g/mol. The summed E-state index contributed by atoms with van der Waals surface area (Å²) in [5, 5.41) is 0. The number of nitrogens with one attached hydrogen (secondary N) is 1. The van der Waals surface area contributed by atoms with Gasteiger partial charge in [0.2, 0.25) is 10.0 Å². The fraction of sp³-hybridized carbons (Fsp3) is 0.455. The van der Waals surface area contributed by atoms with E-state index < -0.39 is 16.3 Å². The lowest BCUT2D eigenvalue weighted by Gasteiger charge is -2.14. The van der Waals surface area contributed by atoms with Crippen LogP contribution in [0.3, 0.4) is 0 Å². The van der Waals surface area contributed by atoms with Crippen molar-refractivity contribution in [2.24, 2.45) is 0 Å². The van der Waals surface area contributed by atoms with Gasteiger partial charge in [0.15, 0.2) is 6.29 Å². The highest BCUT2D eigenvalue weighted by molar-refractivity contribution is 9.10. The van der Waals surface area contributed by atoms with E-state index in [0.717, 1.165) is 0 Å². The van der Waals surface area contributed by atoms with E-state index in [1.54, 1.807) is 6.07 Å². The van der Waals surface area contributed by atoms with Gasteiger partial charge in [-0.1, -0.05) is 0 Å². The summed E-state index contributed by atoms with van der Waals surface area (Å²) in [5.74, 6) is 0.561. The third kappa shape index (κ3) is 4.43. The summed E-state index contributed by atoms with van der Waals surface area (Å²) in [7, 11) is 0.764. The van der Waals surface area contributed by atoms with E-state index in [1.165, 1.54) is 33.5 Å². The van der Waals surface area contributed by atoms with Gasteiger partial charge >= 0.3 is 0 Å². The van der Waals surface area contributed by atoms with E-state index in [0.29, 0.717) is 10.2 Å². The van der Waals surface area contributed by atoms with E-state index in [4.69, 9.17) is 14.2 Å². The second-order valence-electron chi connectivity index (χ2n) is 3.55. The van der Waals surface area contributed by atoms with E-state index in [-0.39, 0.29) is 11.4 Å². The number of sulfonamides is 1. The zero-order valence-electron chi connectivity index (χ0n) is 10.8. The van der Waals surface area contributed by atoms with Crippen molar-refractivity contribution in [1.82, 2.24) is 4.72 Å².